The lowest BCUT2D eigenvalue weighted by molar-refractivity contribution is -0.141. The van der Waals surface area contributed by atoms with Crippen LogP contribution >= 0.6 is 0 Å². The van der Waals surface area contributed by atoms with Crippen molar-refractivity contribution in [2.75, 3.05) is 25.1 Å². The SMILES string of the molecule is CN1N(CC=O)C(=O)CC12CCS(=O)(=O)CC2. The lowest BCUT2D eigenvalue weighted by Gasteiger charge is -2.40. The molecule has 0 aliphatic carbocycles. The van der Waals surface area contributed by atoms with E-state index in [1.807, 2.05) is 0 Å². The van der Waals surface area contributed by atoms with Gasteiger partial charge >= 0.3 is 0 Å². The Morgan fingerprint density at radius 1 is 1.35 bits per heavy atom. The summed E-state index contributed by atoms with van der Waals surface area (Å²) in [5.41, 5.74) is -0.397. The average molecular weight is 260 g/mol. The van der Waals surface area contributed by atoms with E-state index >= 15 is 0 Å². The van der Waals surface area contributed by atoms with Crippen molar-refractivity contribution in [3.63, 3.8) is 0 Å². The fourth-order valence-corrected chi connectivity index (χ4v) is 4.21. The van der Waals surface area contributed by atoms with Gasteiger partial charge in [0.05, 0.1) is 23.6 Å². The van der Waals surface area contributed by atoms with Crippen LogP contribution in [0.2, 0.25) is 0 Å². The second kappa shape index (κ2) is 4.06. The van der Waals surface area contributed by atoms with E-state index < -0.39 is 15.4 Å². The molecule has 0 aromatic carbocycles. The molecule has 0 N–H and O–H groups in total. The summed E-state index contributed by atoms with van der Waals surface area (Å²) in [7, 11) is -1.19. The van der Waals surface area contributed by atoms with Crippen molar-refractivity contribution in [1.82, 2.24) is 10.0 Å². The zero-order valence-corrected chi connectivity index (χ0v) is 10.6. The molecule has 96 valence electrons. The molecule has 0 saturated carbocycles. The topological polar surface area (TPSA) is 74.8 Å². The van der Waals surface area contributed by atoms with E-state index in [-0.39, 0.29) is 24.0 Å². The third kappa shape index (κ3) is 2.09. The summed E-state index contributed by atoms with van der Waals surface area (Å²) >= 11 is 0. The highest BCUT2D eigenvalue weighted by molar-refractivity contribution is 7.91. The molecule has 2 aliphatic rings. The molecule has 1 amide bonds. The molecule has 7 heteroatoms. The van der Waals surface area contributed by atoms with E-state index in [2.05, 4.69) is 0 Å². The van der Waals surface area contributed by atoms with Crippen LogP contribution in [-0.4, -0.2) is 61.3 Å². The first-order chi connectivity index (χ1) is 7.90. The lowest BCUT2D eigenvalue weighted by Crippen LogP contribution is -2.52. The van der Waals surface area contributed by atoms with Gasteiger partial charge in [-0.25, -0.2) is 13.4 Å². The Morgan fingerprint density at radius 2 is 1.94 bits per heavy atom. The number of hydrazine groups is 1. The van der Waals surface area contributed by atoms with Gasteiger partial charge in [-0.3, -0.25) is 9.80 Å². The first kappa shape index (κ1) is 12.5. The first-order valence-corrected chi connectivity index (χ1v) is 7.40. The zero-order chi connectivity index (χ0) is 12.7. The number of carbonyl (C=O) groups excluding carboxylic acids is 2. The number of sulfone groups is 1. The third-order valence-corrected chi connectivity index (χ3v) is 5.47. The van der Waals surface area contributed by atoms with E-state index in [1.54, 1.807) is 12.1 Å². The van der Waals surface area contributed by atoms with Crippen LogP contribution in [0.25, 0.3) is 0 Å². The van der Waals surface area contributed by atoms with Crippen LogP contribution in [0.1, 0.15) is 19.3 Å². The van der Waals surface area contributed by atoms with Gasteiger partial charge in [0.2, 0.25) is 5.91 Å². The number of carbonyl (C=O) groups is 2. The Kier molecular flexibility index (Phi) is 2.99. The number of rotatable bonds is 2. The standard InChI is InChI=1S/C10H16N2O4S/c1-11-10(2-6-17(15,16)7-3-10)8-9(14)12(11)4-5-13/h5H,2-4,6-8H2,1H3. The fraction of sp³-hybridized carbons (Fsp3) is 0.800. The van der Waals surface area contributed by atoms with Crippen LogP contribution < -0.4 is 0 Å². The normalized spacial score (nSPS) is 27.6. The molecular formula is C10H16N2O4S. The molecule has 2 saturated heterocycles. The number of hydrogen-bond donors (Lipinski definition) is 0. The minimum Gasteiger partial charge on any atom is -0.301 e. The fourth-order valence-electron chi connectivity index (χ4n) is 2.62. The highest BCUT2D eigenvalue weighted by atomic mass is 32.2. The molecule has 0 aromatic heterocycles. The highest BCUT2D eigenvalue weighted by Gasteiger charge is 2.50. The molecule has 0 unspecified atom stereocenters. The smallest absolute Gasteiger partial charge is 0.239 e. The molecule has 6 nitrogen and oxygen atoms in total. The number of hydrogen-bond acceptors (Lipinski definition) is 5. The van der Waals surface area contributed by atoms with Gasteiger partial charge in [0.25, 0.3) is 0 Å². The van der Waals surface area contributed by atoms with Gasteiger partial charge in [-0.05, 0) is 12.8 Å². The van der Waals surface area contributed by atoms with Crippen molar-refractivity contribution in [3.05, 3.63) is 0 Å². The Balaban J connectivity index is 2.18. The Morgan fingerprint density at radius 3 is 2.47 bits per heavy atom. The van der Waals surface area contributed by atoms with Gasteiger partial charge in [-0.15, -0.1) is 0 Å². The minimum absolute atomic E-state index is 0.0455. The summed E-state index contributed by atoms with van der Waals surface area (Å²) in [6.07, 6.45) is 1.93. The maximum atomic E-state index is 11.8. The Bertz CT molecular complexity index is 431. The molecule has 0 bridgehead atoms. The quantitative estimate of drug-likeness (QED) is 0.608. The van der Waals surface area contributed by atoms with Crippen molar-refractivity contribution in [2.24, 2.45) is 0 Å². The van der Waals surface area contributed by atoms with Crippen molar-refractivity contribution in [2.45, 2.75) is 24.8 Å². The second-order valence-corrected chi connectivity index (χ2v) is 7.02. The summed E-state index contributed by atoms with van der Waals surface area (Å²) in [6.45, 7) is 0.0455. The summed E-state index contributed by atoms with van der Waals surface area (Å²) in [6, 6.07) is 0. The van der Waals surface area contributed by atoms with Gasteiger partial charge in [-0.1, -0.05) is 0 Å². The van der Waals surface area contributed by atoms with Crippen LogP contribution in [0.15, 0.2) is 0 Å². The number of aldehydes is 1. The molecule has 2 rings (SSSR count). The van der Waals surface area contributed by atoms with Crippen molar-refractivity contribution < 1.29 is 18.0 Å². The molecule has 0 atom stereocenters. The third-order valence-electron chi connectivity index (χ3n) is 3.82. The van der Waals surface area contributed by atoms with Crippen LogP contribution in [0.3, 0.4) is 0 Å². The van der Waals surface area contributed by atoms with Crippen molar-refractivity contribution in [1.29, 1.82) is 0 Å². The molecule has 17 heavy (non-hydrogen) atoms. The van der Waals surface area contributed by atoms with Crippen molar-refractivity contribution >= 4 is 22.0 Å². The largest absolute Gasteiger partial charge is 0.301 e. The Labute approximate surface area is 100 Å². The highest BCUT2D eigenvalue weighted by Crippen LogP contribution is 2.38. The molecular weight excluding hydrogens is 244 g/mol. The zero-order valence-electron chi connectivity index (χ0n) is 9.76. The van der Waals surface area contributed by atoms with Gasteiger partial charge < -0.3 is 4.79 Å². The van der Waals surface area contributed by atoms with Crippen LogP contribution in [0.4, 0.5) is 0 Å². The summed E-state index contributed by atoms with van der Waals surface area (Å²) in [5.74, 6) is 0.151. The van der Waals surface area contributed by atoms with Crippen molar-refractivity contribution in [3.8, 4) is 0 Å². The van der Waals surface area contributed by atoms with E-state index in [1.165, 1.54) is 5.01 Å². The summed E-state index contributed by atoms with van der Waals surface area (Å²) < 4.78 is 22.8. The molecule has 2 fully saturated rings. The number of nitrogens with zero attached hydrogens (tertiary/aromatic N) is 2. The van der Waals surface area contributed by atoms with Crippen LogP contribution in [-0.2, 0) is 19.4 Å². The maximum Gasteiger partial charge on any atom is 0.239 e. The minimum atomic E-state index is -2.94. The molecule has 2 aliphatic heterocycles. The molecule has 1 spiro atoms. The van der Waals surface area contributed by atoms with E-state index in [0.29, 0.717) is 25.5 Å². The van der Waals surface area contributed by atoms with E-state index in [0.717, 1.165) is 0 Å². The van der Waals surface area contributed by atoms with Gasteiger partial charge in [0, 0.05) is 13.5 Å². The van der Waals surface area contributed by atoms with Crippen LogP contribution in [0, 0.1) is 0 Å². The van der Waals surface area contributed by atoms with Gasteiger partial charge in [0.15, 0.2) is 0 Å². The van der Waals surface area contributed by atoms with E-state index in [4.69, 9.17) is 0 Å². The predicted molar refractivity (Wildman–Crippen MR) is 60.8 cm³/mol. The molecule has 0 aromatic rings. The monoisotopic (exact) mass is 260 g/mol. The number of amides is 1. The maximum absolute atomic E-state index is 11.8. The molecule has 0 radical (unpaired) electrons. The summed E-state index contributed by atoms with van der Waals surface area (Å²) in [5, 5.41) is 3.17. The van der Waals surface area contributed by atoms with E-state index in [9.17, 15) is 18.0 Å². The second-order valence-electron chi connectivity index (χ2n) is 4.72. The first-order valence-electron chi connectivity index (χ1n) is 5.58. The summed E-state index contributed by atoms with van der Waals surface area (Å²) in [4.78, 5) is 22.3. The molecule has 2 heterocycles. The van der Waals surface area contributed by atoms with Crippen LogP contribution in [0.5, 0.6) is 0 Å². The Hall–Kier alpha value is -0.950. The van der Waals surface area contributed by atoms with Gasteiger partial charge in [-0.2, -0.15) is 0 Å². The lowest BCUT2D eigenvalue weighted by atomic mass is 9.89. The van der Waals surface area contributed by atoms with Gasteiger partial charge in [0.1, 0.15) is 16.1 Å². The average Bonchev–Trinajstić information content (AvgIpc) is 2.49. The predicted octanol–water partition coefficient (Wildman–Crippen LogP) is -0.788.